The first-order valence-corrected chi connectivity index (χ1v) is 4.94. The number of hydrogen-bond donors (Lipinski definition) is 1. The van der Waals surface area contributed by atoms with Crippen molar-refractivity contribution in [2.24, 2.45) is 5.92 Å². The number of aliphatic hydroxyl groups excluding tert-OH is 1. The molecule has 0 aliphatic heterocycles. The summed E-state index contributed by atoms with van der Waals surface area (Å²) in [5.41, 5.74) is 0. The van der Waals surface area contributed by atoms with Crippen LogP contribution in [-0.2, 0) is 14.3 Å². The van der Waals surface area contributed by atoms with Crippen LogP contribution < -0.4 is 0 Å². The standard InChI is InChI=1S/C10H21NO4/c1-8(10(13)15-4)5-11(2)6-9(12)7-14-3/h8-9,12H,5-7H2,1-4H3. The maximum absolute atomic E-state index is 11.1. The maximum Gasteiger partial charge on any atom is 0.309 e. The second-order valence-corrected chi connectivity index (χ2v) is 3.75. The number of carbonyl (C=O) groups excluding carboxylic acids is 1. The van der Waals surface area contributed by atoms with E-state index < -0.39 is 6.10 Å². The summed E-state index contributed by atoms with van der Waals surface area (Å²) in [4.78, 5) is 13.0. The first-order chi connectivity index (χ1) is 7.01. The van der Waals surface area contributed by atoms with Crippen LogP contribution in [0.1, 0.15) is 6.92 Å². The van der Waals surface area contributed by atoms with Crippen molar-refractivity contribution in [1.29, 1.82) is 0 Å². The molecule has 0 heterocycles. The van der Waals surface area contributed by atoms with Gasteiger partial charge in [-0.1, -0.05) is 6.92 Å². The fourth-order valence-electron chi connectivity index (χ4n) is 1.42. The number of nitrogens with zero attached hydrogens (tertiary/aromatic N) is 1. The van der Waals surface area contributed by atoms with Crippen LogP contribution in [0.5, 0.6) is 0 Å². The van der Waals surface area contributed by atoms with E-state index in [1.54, 1.807) is 14.0 Å². The number of esters is 1. The Bertz CT molecular complexity index is 186. The minimum atomic E-state index is -0.523. The van der Waals surface area contributed by atoms with Gasteiger partial charge in [-0.05, 0) is 7.05 Å². The summed E-state index contributed by atoms with van der Waals surface area (Å²) < 4.78 is 9.42. The fraction of sp³-hybridized carbons (Fsp3) is 0.900. The Morgan fingerprint density at radius 3 is 2.47 bits per heavy atom. The van der Waals surface area contributed by atoms with Gasteiger partial charge in [-0.3, -0.25) is 4.79 Å². The van der Waals surface area contributed by atoms with Gasteiger partial charge in [-0.2, -0.15) is 0 Å². The monoisotopic (exact) mass is 219 g/mol. The van der Waals surface area contributed by atoms with Crippen LogP contribution >= 0.6 is 0 Å². The number of ether oxygens (including phenoxy) is 2. The molecule has 1 N–H and O–H groups in total. The SMILES string of the molecule is COCC(O)CN(C)CC(C)C(=O)OC. The lowest BCUT2D eigenvalue weighted by Gasteiger charge is -2.22. The average molecular weight is 219 g/mol. The normalized spacial score (nSPS) is 15.1. The van der Waals surface area contributed by atoms with Crippen LogP contribution in [0.4, 0.5) is 0 Å². The Labute approximate surface area is 91.0 Å². The summed E-state index contributed by atoms with van der Waals surface area (Å²) >= 11 is 0. The van der Waals surface area contributed by atoms with Crippen molar-refractivity contribution in [1.82, 2.24) is 4.90 Å². The van der Waals surface area contributed by atoms with Crippen molar-refractivity contribution in [3.8, 4) is 0 Å². The minimum absolute atomic E-state index is 0.185. The summed E-state index contributed by atoms with van der Waals surface area (Å²) in [5.74, 6) is -0.419. The van der Waals surface area contributed by atoms with Gasteiger partial charge >= 0.3 is 5.97 Å². The predicted molar refractivity (Wildman–Crippen MR) is 56.6 cm³/mol. The molecule has 0 saturated heterocycles. The molecule has 0 aromatic carbocycles. The highest BCUT2D eigenvalue weighted by Gasteiger charge is 2.16. The van der Waals surface area contributed by atoms with Crippen LogP contribution in [0, 0.1) is 5.92 Å². The molecule has 0 aromatic rings. The lowest BCUT2D eigenvalue weighted by Crippen LogP contribution is -2.36. The van der Waals surface area contributed by atoms with E-state index in [-0.39, 0.29) is 11.9 Å². The van der Waals surface area contributed by atoms with Gasteiger partial charge in [0, 0.05) is 20.2 Å². The molecule has 2 atom stereocenters. The number of likely N-dealkylation sites (N-methyl/N-ethyl adjacent to an activating group) is 1. The topological polar surface area (TPSA) is 59.0 Å². The largest absolute Gasteiger partial charge is 0.469 e. The van der Waals surface area contributed by atoms with E-state index in [0.717, 1.165) is 0 Å². The third-order valence-electron chi connectivity index (χ3n) is 2.07. The second kappa shape index (κ2) is 7.62. The molecular formula is C10H21NO4. The molecule has 0 amide bonds. The van der Waals surface area contributed by atoms with Crippen LogP contribution in [-0.4, -0.2) is 63.0 Å². The van der Waals surface area contributed by atoms with E-state index in [1.807, 2.05) is 11.9 Å². The molecule has 90 valence electrons. The van der Waals surface area contributed by atoms with E-state index in [4.69, 9.17) is 4.74 Å². The number of rotatable bonds is 7. The molecule has 0 saturated carbocycles. The van der Waals surface area contributed by atoms with E-state index in [9.17, 15) is 9.90 Å². The van der Waals surface area contributed by atoms with E-state index in [0.29, 0.717) is 19.7 Å². The highest BCUT2D eigenvalue weighted by molar-refractivity contribution is 5.71. The molecule has 0 spiro atoms. The smallest absolute Gasteiger partial charge is 0.309 e. The van der Waals surface area contributed by atoms with Crippen LogP contribution in [0.15, 0.2) is 0 Å². The number of carbonyl (C=O) groups is 1. The average Bonchev–Trinajstić information content (AvgIpc) is 2.16. The zero-order valence-corrected chi connectivity index (χ0v) is 9.90. The van der Waals surface area contributed by atoms with Crippen LogP contribution in [0.25, 0.3) is 0 Å². The fourth-order valence-corrected chi connectivity index (χ4v) is 1.42. The summed E-state index contributed by atoms with van der Waals surface area (Å²) in [6.07, 6.45) is -0.523. The maximum atomic E-state index is 11.1. The molecule has 2 unspecified atom stereocenters. The van der Waals surface area contributed by atoms with Crippen molar-refractivity contribution >= 4 is 5.97 Å². The number of methoxy groups -OCH3 is 2. The molecule has 15 heavy (non-hydrogen) atoms. The zero-order chi connectivity index (χ0) is 11.8. The number of aliphatic hydroxyl groups is 1. The van der Waals surface area contributed by atoms with Gasteiger partial charge in [0.25, 0.3) is 0 Å². The van der Waals surface area contributed by atoms with Gasteiger partial charge in [0.05, 0.1) is 25.7 Å². The summed E-state index contributed by atoms with van der Waals surface area (Å²) in [6.45, 7) is 3.14. The van der Waals surface area contributed by atoms with Crippen molar-refractivity contribution < 1.29 is 19.4 Å². The van der Waals surface area contributed by atoms with Gasteiger partial charge in [-0.15, -0.1) is 0 Å². The minimum Gasteiger partial charge on any atom is -0.469 e. The molecule has 5 nitrogen and oxygen atoms in total. The molecule has 0 aliphatic rings. The molecule has 0 aliphatic carbocycles. The van der Waals surface area contributed by atoms with Crippen molar-refractivity contribution in [2.75, 3.05) is 41.0 Å². The Kier molecular flexibility index (Phi) is 7.29. The molecular weight excluding hydrogens is 198 g/mol. The van der Waals surface area contributed by atoms with E-state index >= 15 is 0 Å². The Morgan fingerprint density at radius 2 is 2.00 bits per heavy atom. The molecule has 0 aromatic heterocycles. The Balaban J connectivity index is 3.81. The van der Waals surface area contributed by atoms with Gasteiger partial charge < -0.3 is 19.5 Å². The molecule has 5 heteroatoms. The van der Waals surface area contributed by atoms with Crippen LogP contribution in [0.3, 0.4) is 0 Å². The lowest BCUT2D eigenvalue weighted by molar-refractivity contribution is -0.145. The predicted octanol–water partition coefficient (Wildman–Crippen LogP) is -0.265. The lowest BCUT2D eigenvalue weighted by atomic mass is 10.1. The third-order valence-corrected chi connectivity index (χ3v) is 2.07. The zero-order valence-electron chi connectivity index (χ0n) is 9.90. The van der Waals surface area contributed by atoms with Gasteiger partial charge in [-0.25, -0.2) is 0 Å². The number of hydrogen-bond acceptors (Lipinski definition) is 5. The van der Waals surface area contributed by atoms with Crippen molar-refractivity contribution in [3.05, 3.63) is 0 Å². The van der Waals surface area contributed by atoms with Gasteiger partial charge in [0.1, 0.15) is 0 Å². The highest BCUT2D eigenvalue weighted by Crippen LogP contribution is 2.01. The van der Waals surface area contributed by atoms with Gasteiger partial charge in [0.2, 0.25) is 0 Å². The van der Waals surface area contributed by atoms with E-state index in [1.165, 1.54) is 7.11 Å². The first-order valence-electron chi connectivity index (χ1n) is 4.94. The Morgan fingerprint density at radius 1 is 1.40 bits per heavy atom. The first kappa shape index (κ1) is 14.3. The molecule has 0 bridgehead atoms. The second-order valence-electron chi connectivity index (χ2n) is 3.75. The summed E-state index contributed by atoms with van der Waals surface area (Å²) in [6, 6.07) is 0. The quantitative estimate of drug-likeness (QED) is 0.598. The highest BCUT2D eigenvalue weighted by atomic mass is 16.5. The molecule has 0 fully saturated rings. The van der Waals surface area contributed by atoms with E-state index in [2.05, 4.69) is 4.74 Å². The Hall–Kier alpha value is -0.650. The van der Waals surface area contributed by atoms with Crippen molar-refractivity contribution in [3.63, 3.8) is 0 Å². The van der Waals surface area contributed by atoms with Crippen molar-refractivity contribution in [2.45, 2.75) is 13.0 Å². The third kappa shape index (κ3) is 6.43. The summed E-state index contributed by atoms with van der Waals surface area (Å²) in [5, 5.41) is 9.45. The van der Waals surface area contributed by atoms with Crippen LogP contribution in [0.2, 0.25) is 0 Å². The molecule has 0 radical (unpaired) electrons. The molecule has 0 rings (SSSR count). The summed E-state index contributed by atoms with van der Waals surface area (Å²) in [7, 11) is 4.76. The van der Waals surface area contributed by atoms with Gasteiger partial charge in [0.15, 0.2) is 0 Å².